The molecule has 0 radical (unpaired) electrons. The van der Waals surface area contributed by atoms with Gasteiger partial charge in [0.2, 0.25) is 6.17 Å². The molecule has 0 aliphatic heterocycles. The zero-order valence-electron chi connectivity index (χ0n) is 6.43. The standard InChI is InChI=1S/C4H3F7O3S/c5-1(3(6,7)8)2(4(9,10)11)15(12,13)14/h1-2H,(H,12,13,14)/p-1. The van der Waals surface area contributed by atoms with Gasteiger partial charge < -0.3 is 4.55 Å². The van der Waals surface area contributed by atoms with Gasteiger partial charge in [0, 0.05) is 0 Å². The topological polar surface area (TPSA) is 57.2 Å². The van der Waals surface area contributed by atoms with Crippen molar-refractivity contribution < 1.29 is 43.7 Å². The summed E-state index contributed by atoms with van der Waals surface area (Å²) in [5.74, 6) is 0. The van der Waals surface area contributed by atoms with Crippen LogP contribution in [-0.2, 0) is 10.1 Å². The van der Waals surface area contributed by atoms with Crippen molar-refractivity contribution in [2.24, 2.45) is 0 Å². The Labute approximate surface area is 78.6 Å². The molecule has 2 unspecified atom stereocenters. The molecule has 2 atom stereocenters. The SMILES string of the molecule is O=S(=O)([O-])C(C(F)C(F)(F)F)C(F)(F)F. The lowest BCUT2D eigenvalue weighted by atomic mass is 10.2. The summed E-state index contributed by atoms with van der Waals surface area (Å²) in [6.45, 7) is 0. The molecule has 92 valence electrons. The van der Waals surface area contributed by atoms with Crippen molar-refractivity contribution in [1.29, 1.82) is 0 Å². The predicted molar refractivity (Wildman–Crippen MR) is 30.5 cm³/mol. The maximum absolute atomic E-state index is 12.1. The molecule has 0 saturated carbocycles. The van der Waals surface area contributed by atoms with E-state index in [0.717, 1.165) is 0 Å². The van der Waals surface area contributed by atoms with Crippen molar-refractivity contribution in [2.75, 3.05) is 0 Å². The van der Waals surface area contributed by atoms with Crippen LogP contribution in [0.15, 0.2) is 0 Å². The highest BCUT2D eigenvalue weighted by Crippen LogP contribution is 2.36. The lowest BCUT2D eigenvalue weighted by molar-refractivity contribution is -0.219. The molecule has 0 aliphatic rings. The molecule has 15 heavy (non-hydrogen) atoms. The van der Waals surface area contributed by atoms with Crippen molar-refractivity contribution in [3.63, 3.8) is 0 Å². The van der Waals surface area contributed by atoms with Gasteiger partial charge in [0.15, 0.2) is 5.25 Å². The number of rotatable bonds is 2. The van der Waals surface area contributed by atoms with Crippen LogP contribution >= 0.6 is 0 Å². The summed E-state index contributed by atoms with van der Waals surface area (Å²) in [5, 5.41) is -4.63. The minimum absolute atomic E-state index is 4.63. The van der Waals surface area contributed by atoms with Crippen LogP contribution < -0.4 is 0 Å². The Morgan fingerprint density at radius 3 is 1.33 bits per heavy atom. The molecule has 0 fully saturated rings. The Kier molecular flexibility index (Phi) is 3.63. The largest absolute Gasteiger partial charge is 0.747 e. The monoisotopic (exact) mass is 263 g/mol. The minimum Gasteiger partial charge on any atom is -0.747 e. The molecule has 0 bridgehead atoms. The minimum atomic E-state index is -6.47. The highest BCUT2D eigenvalue weighted by molar-refractivity contribution is 7.86. The maximum Gasteiger partial charge on any atom is 0.421 e. The summed E-state index contributed by atoms with van der Waals surface area (Å²) in [6, 6.07) is 0. The lowest BCUT2D eigenvalue weighted by Crippen LogP contribution is -2.50. The average Bonchev–Trinajstić information content (AvgIpc) is 1.76. The van der Waals surface area contributed by atoms with Gasteiger partial charge in [-0.05, 0) is 0 Å². The molecule has 0 aromatic heterocycles. The van der Waals surface area contributed by atoms with Gasteiger partial charge in [-0.15, -0.1) is 0 Å². The lowest BCUT2D eigenvalue weighted by Gasteiger charge is -2.27. The quantitative estimate of drug-likeness (QED) is 0.558. The van der Waals surface area contributed by atoms with Gasteiger partial charge >= 0.3 is 12.4 Å². The first-order chi connectivity index (χ1) is 6.28. The highest BCUT2D eigenvalue weighted by Gasteiger charge is 2.59. The zero-order chi connectivity index (χ0) is 12.7. The molecule has 0 saturated heterocycles. The third-order valence-corrected chi connectivity index (χ3v) is 2.34. The van der Waals surface area contributed by atoms with Crippen molar-refractivity contribution in [3.05, 3.63) is 0 Å². The molecule has 0 N–H and O–H groups in total. The van der Waals surface area contributed by atoms with Gasteiger partial charge in [-0.1, -0.05) is 0 Å². The zero-order valence-corrected chi connectivity index (χ0v) is 7.25. The van der Waals surface area contributed by atoms with E-state index >= 15 is 0 Å². The number of hydrogen-bond donors (Lipinski definition) is 0. The van der Waals surface area contributed by atoms with E-state index in [1.54, 1.807) is 0 Å². The fourth-order valence-corrected chi connectivity index (χ4v) is 1.42. The maximum atomic E-state index is 12.1. The summed E-state index contributed by atoms with van der Waals surface area (Å²) in [6.07, 6.45) is -17.0. The third kappa shape index (κ3) is 3.81. The second-order valence-corrected chi connectivity index (χ2v) is 3.89. The summed E-state index contributed by atoms with van der Waals surface area (Å²) < 4.78 is 111. The van der Waals surface area contributed by atoms with Gasteiger partial charge in [0.25, 0.3) is 0 Å². The molecule has 3 nitrogen and oxygen atoms in total. The van der Waals surface area contributed by atoms with E-state index in [0.29, 0.717) is 0 Å². The molecule has 0 rings (SSSR count). The Morgan fingerprint density at radius 2 is 1.27 bits per heavy atom. The second kappa shape index (κ2) is 3.77. The molecule has 0 heterocycles. The van der Waals surface area contributed by atoms with Gasteiger partial charge in [0.1, 0.15) is 10.1 Å². The van der Waals surface area contributed by atoms with E-state index in [1.165, 1.54) is 0 Å². The Morgan fingerprint density at radius 1 is 0.933 bits per heavy atom. The van der Waals surface area contributed by atoms with Crippen LogP contribution in [0.4, 0.5) is 30.7 Å². The van der Waals surface area contributed by atoms with Gasteiger partial charge in [-0.3, -0.25) is 0 Å². The van der Waals surface area contributed by atoms with Crippen molar-refractivity contribution in [2.45, 2.75) is 23.8 Å². The summed E-state index contributed by atoms with van der Waals surface area (Å²) in [5.41, 5.74) is 0. The summed E-state index contributed by atoms with van der Waals surface area (Å²) in [7, 11) is -6.47. The molecule has 0 aromatic carbocycles. The normalized spacial score (nSPS) is 18.7. The van der Waals surface area contributed by atoms with Crippen LogP contribution in [-0.4, -0.2) is 36.7 Å². The molecular formula is C4H2F7O3S-. The molecule has 0 aliphatic carbocycles. The van der Waals surface area contributed by atoms with Crippen molar-refractivity contribution >= 4 is 10.1 Å². The third-order valence-electron chi connectivity index (χ3n) is 1.21. The highest BCUT2D eigenvalue weighted by atomic mass is 32.2. The Hall–Kier alpha value is -0.580. The van der Waals surface area contributed by atoms with Crippen molar-refractivity contribution in [3.8, 4) is 0 Å². The molecule has 0 aromatic rings. The fraction of sp³-hybridized carbons (Fsp3) is 1.00. The number of hydrogen-bond acceptors (Lipinski definition) is 3. The van der Waals surface area contributed by atoms with Crippen LogP contribution in [0.3, 0.4) is 0 Å². The molecule has 11 heteroatoms. The van der Waals surface area contributed by atoms with E-state index < -0.39 is 33.9 Å². The van der Waals surface area contributed by atoms with E-state index in [1.807, 2.05) is 0 Å². The van der Waals surface area contributed by atoms with Crippen molar-refractivity contribution in [1.82, 2.24) is 0 Å². The Balaban J connectivity index is 5.36. The van der Waals surface area contributed by atoms with Crippen LogP contribution in [0.1, 0.15) is 0 Å². The summed E-state index contributed by atoms with van der Waals surface area (Å²) >= 11 is 0. The predicted octanol–water partition coefficient (Wildman–Crippen LogP) is 1.36. The van der Waals surface area contributed by atoms with Gasteiger partial charge in [-0.25, -0.2) is 12.8 Å². The van der Waals surface area contributed by atoms with Crippen LogP contribution in [0.5, 0.6) is 0 Å². The van der Waals surface area contributed by atoms with Crippen LogP contribution in [0.2, 0.25) is 0 Å². The average molecular weight is 263 g/mol. The first-order valence-electron chi connectivity index (χ1n) is 3.00. The first kappa shape index (κ1) is 14.4. The first-order valence-corrected chi connectivity index (χ1v) is 4.47. The van der Waals surface area contributed by atoms with E-state index in [9.17, 15) is 43.7 Å². The van der Waals surface area contributed by atoms with Crippen LogP contribution in [0.25, 0.3) is 0 Å². The smallest absolute Gasteiger partial charge is 0.421 e. The number of alkyl halides is 7. The molecular weight excluding hydrogens is 261 g/mol. The van der Waals surface area contributed by atoms with Gasteiger partial charge in [0.05, 0.1) is 0 Å². The van der Waals surface area contributed by atoms with E-state index in [-0.39, 0.29) is 0 Å². The van der Waals surface area contributed by atoms with Gasteiger partial charge in [-0.2, -0.15) is 26.3 Å². The van der Waals surface area contributed by atoms with Crippen LogP contribution in [0, 0.1) is 0 Å². The fourth-order valence-electron chi connectivity index (χ4n) is 0.648. The molecule has 0 amide bonds. The Bertz CT molecular complexity index is 314. The number of halogens is 7. The molecule has 0 spiro atoms. The van der Waals surface area contributed by atoms with E-state index in [2.05, 4.69) is 0 Å². The second-order valence-electron chi connectivity index (χ2n) is 2.40. The van der Waals surface area contributed by atoms with E-state index in [4.69, 9.17) is 0 Å². The summed E-state index contributed by atoms with van der Waals surface area (Å²) in [4.78, 5) is 0.